The molecule has 2 aromatic heterocycles. The van der Waals surface area contributed by atoms with Crippen LogP contribution in [-0.2, 0) is 13.1 Å². The summed E-state index contributed by atoms with van der Waals surface area (Å²) in [5.41, 5.74) is -0.179. The molecule has 2 rings (SSSR count). The highest BCUT2D eigenvalue weighted by atomic mass is 16.6. The van der Waals surface area contributed by atoms with E-state index in [2.05, 4.69) is 30.8 Å². The van der Waals surface area contributed by atoms with Gasteiger partial charge in [0.15, 0.2) is 5.82 Å². The molecule has 0 aliphatic rings. The van der Waals surface area contributed by atoms with E-state index in [1.165, 1.54) is 6.33 Å². The molecule has 10 heteroatoms. The molecule has 0 unspecified atom stereocenters. The van der Waals surface area contributed by atoms with Crippen molar-refractivity contribution in [2.75, 3.05) is 17.2 Å². The lowest BCUT2D eigenvalue weighted by Crippen LogP contribution is -2.12. The van der Waals surface area contributed by atoms with E-state index in [1.54, 1.807) is 6.33 Å². The van der Waals surface area contributed by atoms with Crippen LogP contribution in [-0.4, -0.2) is 36.2 Å². The highest BCUT2D eigenvalue weighted by Gasteiger charge is 2.22. The van der Waals surface area contributed by atoms with Gasteiger partial charge in [0.25, 0.3) is 0 Å². The molecule has 0 radical (unpaired) electrons. The first kappa shape index (κ1) is 14.6. The van der Waals surface area contributed by atoms with E-state index in [1.807, 2.05) is 18.4 Å². The molecular formula is C11H16N8O2. The van der Waals surface area contributed by atoms with Gasteiger partial charge in [-0.2, -0.15) is 0 Å². The molecule has 2 heterocycles. The van der Waals surface area contributed by atoms with Gasteiger partial charge in [0.2, 0.25) is 11.6 Å². The van der Waals surface area contributed by atoms with Gasteiger partial charge in [-0.1, -0.05) is 0 Å². The van der Waals surface area contributed by atoms with Crippen LogP contribution in [0.4, 0.5) is 17.3 Å². The number of aryl methyl sites for hydroxylation is 1. The van der Waals surface area contributed by atoms with Gasteiger partial charge in [0, 0.05) is 13.1 Å². The molecule has 0 atom stereocenters. The topological polar surface area (TPSA) is 124 Å². The highest BCUT2D eigenvalue weighted by molar-refractivity contribution is 5.69. The molecule has 0 amide bonds. The first-order valence-electron chi connectivity index (χ1n) is 6.51. The molecule has 21 heavy (non-hydrogen) atoms. The molecule has 0 fully saturated rings. The van der Waals surface area contributed by atoms with Crippen LogP contribution in [0.2, 0.25) is 0 Å². The molecule has 0 saturated heterocycles. The second-order valence-electron chi connectivity index (χ2n) is 4.09. The summed E-state index contributed by atoms with van der Waals surface area (Å²) >= 11 is 0. The minimum atomic E-state index is -0.509. The lowest BCUT2D eigenvalue weighted by atomic mass is 10.4. The Kier molecular flexibility index (Phi) is 4.59. The Bertz CT molecular complexity index is 626. The number of nitrogens with one attached hydrogen (secondary N) is 2. The Balaban J connectivity index is 2.23. The zero-order chi connectivity index (χ0) is 15.2. The van der Waals surface area contributed by atoms with E-state index in [0.29, 0.717) is 12.4 Å². The first-order valence-corrected chi connectivity index (χ1v) is 6.51. The maximum absolute atomic E-state index is 11.2. The van der Waals surface area contributed by atoms with Crippen LogP contribution in [0.1, 0.15) is 19.7 Å². The van der Waals surface area contributed by atoms with Crippen LogP contribution in [0.5, 0.6) is 0 Å². The molecule has 2 N–H and O–H groups in total. The van der Waals surface area contributed by atoms with Gasteiger partial charge >= 0.3 is 5.69 Å². The fourth-order valence-electron chi connectivity index (χ4n) is 1.82. The predicted octanol–water partition coefficient (Wildman–Crippen LogP) is 1.04. The number of aromatic nitrogens is 5. The Morgan fingerprint density at radius 3 is 2.62 bits per heavy atom. The smallest absolute Gasteiger partial charge is 0.353 e. The third kappa shape index (κ3) is 3.22. The Morgan fingerprint density at radius 2 is 2.00 bits per heavy atom. The van der Waals surface area contributed by atoms with Gasteiger partial charge in [-0.15, -0.1) is 10.2 Å². The first-order chi connectivity index (χ1) is 10.2. The average molecular weight is 292 g/mol. The lowest BCUT2D eigenvalue weighted by Gasteiger charge is -2.09. The zero-order valence-corrected chi connectivity index (χ0v) is 11.8. The maximum atomic E-state index is 11.2. The summed E-state index contributed by atoms with van der Waals surface area (Å²) in [7, 11) is 0. The van der Waals surface area contributed by atoms with E-state index >= 15 is 0 Å². The highest BCUT2D eigenvalue weighted by Crippen LogP contribution is 2.28. The molecule has 0 aliphatic carbocycles. The third-order valence-corrected chi connectivity index (χ3v) is 2.80. The van der Waals surface area contributed by atoms with Crippen LogP contribution >= 0.6 is 0 Å². The van der Waals surface area contributed by atoms with Crippen molar-refractivity contribution < 1.29 is 4.92 Å². The summed E-state index contributed by atoms with van der Waals surface area (Å²) in [5, 5.41) is 24.7. The monoisotopic (exact) mass is 292 g/mol. The minimum Gasteiger partial charge on any atom is -0.364 e. The Hall–Kier alpha value is -2.78. The largest absolute Gasteiger partial charge is 0.364 e. The molecule has 112 valence electrons. The number of anilines is 2. The normalized spacial score (nSPS) is 10.4. The van der Waals surface area contributed by atoms with Crippen molar-refractivity contribution in [2.45, 2.75) is 26.9 Å². The van der Waals surface area contributed by atoms with Crippen molar-refractivity contribution in [3.63, 3.8) is 0 Å². The summed E-state index contributed by atoms with van der Waals surface area (Å²) in [6.45, 7) is 5.34. The van der Waals surface area contributed by atoms with Gasteiger partial charge in [-0.25, -0.2) is 9.97 Å². The quantitative estimate of drug-likeness (QED) is 0.573. The van der Waals surface area contributed by atoms with E-state index < -0.39 is 4.92 Å². The second kappa shape index (κ2) is 6.59. The van der Waals surface area contributed by atoms with Gasteiger partial charge in [-0.3, -0.25) is 10.1 Å². The van der Waals surface area contributed by atoms with Gasteiger partial charge < -0.3 is 15.2 Å². The van der Waals surface area contributed by atoms with Crippen molar-refractivity contribution >= 4 is 17.3 Å². The number of nitrogens with zero attached hydrogens (tertiary/aromatic N) is 6. The number of hydrogen-bond acceptors (Lipinski definition) is 8. The summed E-state index contributed by atoms with van der Waals surface area (Å²) in [5.74, 6) is 1.02. The molecule has 0 spiro atoms. The van der Waals surface area contributed by atoms with E-state index in [9.17, 15) is 10.1 Å². The minimum absolute atomic E-state index is 0.150. The molecule has 0 saturated carbocycles. The molecule has 2 aromatic rings. The lowest BCUT2D eigenvalue weighted by molar-refractivity contribution is -0.383. The summed E-state index contributed by atoms with van der Waals surface area (Å²) < 4.78 is 1.84. The van der Waals surface area contributed by atoms with Crippen LogP contribution in [0.3, 0.4) is 0 Å². The van der Waals surface area contributed by atoms with Crippen molar-refractivity contribution in [2.24, 2.45) is 0 Å². The van der Waals surface area contributed by atoms with Gasteiger partial charge in [0.05, 0.1) is 11.5 Å². The second-order valence-corrected chi connectivity index (χ2v) is 4.09. The van der Waals surface area contributed by atoms with Crippen molar-refractivity contribution in [1.29, 1.82) is 0 Å². The van der Waals surface area contributed by atoms with E-state index in [-0.39, 0.29) is 23.9 Å². The van der Waals surface area contributed by atoms with Crippen molar-refractivity contribution in [1.82, 2.24) is 24.7 Å². The molecule has 0 bridgehead atoms. The van der Waals surface area contributed by atoms with Crippen LogP contribution in [0.25, 0.3) is 0 Å². The summed E-state index contributed by atoms with van der Waals surface area (Å²) in [6.07, 6.45) is 2.88. The standard InChI is InChI=1S/C11H16N8O2/c1-3-12-10-9(19(20)21)11(15-6-14-10)13-5-8-17-16-7-18(8)4-2/h6-7H,3-5H2,1-2H3,(H2,12,13,14,15). The fourth-order valence-corrected chi connectivity index (χ4v) is 1.82. The molecular weight excluding hydrogens is 276 g/mol. The van der Waals surface area contributed by atoms with E-state index in [0.717, 1.165) is 6.54 Å². The van der Waals surface area contributed by atoms with Crippen LogP contribution < -0.4 is 10.6 Å². The number of rotatable bonds is 7. The summed E-state index contributed by atoms with van der Waals surface area (Å²) in [6, 6.07) is 0. The molecule has 0 aromatic carbocycles. The van der Waals surface area contributed by atoms with Gasteiger partial charge in [0.1, 0.15) is 12.7 Å². The average Bonchev–Trinajstić information content (AvgIpc) is 2.92. The van der Waals surface area contributed by atoms with Gasteiger partial charge in [-0.05, 0) is 13.8 Å². The Morgan fingerprint density at radius 1 is 1.29 bits per heavy atom. The maximum Gasteiger partial charge on any atom is 0.353 e. The van der Waals surface area contributed by atoms with Crippen LogP contribution in [0.15, 0.2) is 12.7 Å². The number of hydrogen-bond donors (Lipinski definition) is 2. The Labute approximate surface area is 120 Å². The molecule has 0 aliphatic heterocycles. The van der Waals surface area contributed by atoms with Crippen LogP contribution in [0, 0.1) is 10.1 Å². The fraction of sp³-hybridized carbons (Fsp3) is 0.455. The zero-order valence-electron chi connectivity index (χ0n) is 11.8. The predicted molar refractivity (Wildman–Crippen MR) is 75.9 cm³/mol. The summed E-state index contributed by atoms with van der Waals surface area (Å²) in [4.78, 5) is 18.5. The van der Waals surface area contributed by atoms with Crippen molar-refractivity contribution in [3.8, 4) is 0 Å². The third-order valence-electron chi connectivity index (χ3n) is 2.80. The number of nitro groups is 1. The van der Waals surface area contributed by atoms with Crippen molar-refractivity contribution in [3.05, 3.63) is 28.6 Å². The SMILES string of the molecule is CCNc1ncnc(NCc2nncn2CC)c1[N+](=O)[O-]. The van der Waals surface area contributed by atoms with E-state index in [4.69, 9.17) is 0 Å². The molecule has 10 nitrogen and oxygen atoms in total.